The average Bonchev–Trinajstić information content (AvgIpc) is 2.03. The third-order valence-electron chi connectivity index (χ3n) is 14.4. The van der Waals surface area contributed by atoms with E-state index in [4.69, 9.17) is 44.4 Å². The highest BCUT2D eigenvalue weighted by Crippen LogP contribution is 2.41. The molecule has 0 spiro atoms. The Morgan fingerprint density at radius 1 is 0.767 bits per heavy atom. The van der Waals surface area contributed by atoms with Gasteiger partial charge in [0.05, 0.1) is 46.9 Å². The third-order valence-corrected chi connectivity index (χ3v) is 20.2. The van der Waals surface area contributed by atoms with Crippen LogP contribution in [0.15, 0.2) is 70.6 Å². The number of carbonyl (C=O) groups excluding carboxylic acids is 5. The number of anilines is 1. The standard InChI is InChI=1S/C59H65N13O8S6/c1-28(2)34-18-40(73)46-30(4)85-55(71-46)36(19-43(74)60-9)63-50(77)38-25-81-51(65-38)33-16-17-35(53-67-42(27-84-53)68-57(78)80-32-20-58(5,6)72-59(7,8)21-32)62-47(33)37-24-82-54(64-37)39-26-83-56(66-39)48(49(76)31-14-12-11-13-15-31)69-44(75)22-61-29(3)45-41(23-79-10)86-52(34)70-45/h11-17,24-28,32,34,36,48-49,61,72,76H,3,18-23H2,1-2,4-10H3,(H,60,74)(H,63,77)(H,68,78)(H,69,75)/t34-,36+,48+,49+/m1/s1. The maximum Gasteiger partial charge on any atom is 0.413 e. The van der Waals surface area contributed by atoms with Crippen molar-refractivity contribution in [2.24, 2.45) is 5.92 Å². The molecule has 2 aliphatic rings. The topological polar surface area (TPSA) is 286 Å². The van der Waals surface area contributed by atoms with Crippen LogP contribution >= 0.6 is 68.0 Å². The molecule has 10 bridgehead atoms. The van der Waals surface area contributed by atoms with Crippen molar-refractivity contribution >= 4 is 109 Å². The van der Waals surface area contributed by atoms with Gasteiger partial charge in [0.2, 0.25) is 11.8 Å². The smallest absolute Gasteiger partial charge is 0.413 e. The number of carbonyl (C=O) groups is 5. The van der Waals surface area contributed by atoms with Crippen LogP contribution < -0.4 is 31.9 Å². The summed E-state index contributed by atoms with van der Waals surface area (Å²) < 4.78 is 11.5. The molecule has 0 radical (unpaired) electrons. The van der Waals surface area contributed by atoms with E-state index in [1.165, 1.54) is 75.1 Å². The monoisotopic (exact) mass is 1280 g/mol. The van der Waals surface area contributed by atoms with Gasteiger partial charge in [-0.2, -0.15) is 0 Å². The first-order valence-electron chi connectivity index (χ1n) is 27.6. The van der Waals surface area contributed by atoms with Crippen LogP contribution in [0.5, 0.6) is 0 Å². The van der Waals surface area contributed by atoms with Gasteiger partial charge < -0.3 is 41.2 Å². The van der Waals surface area contributed by atoms with Gasteiger partial charge in [0, 0.05) is 82.4 Å². The number of hydrogen-bond acceptors (Lipinski definition) is 23. The molecule has 4 atom stereocenters. The fourth-order valence-corrected chi connectivity index (χ4v) is 16.2. The predicted octanol–water partition coefficient (Wildman–Crippen LogP) is 10.9. The van der Waals surface area contributed by atoms with Gasteiger partial charge in [-0.1, -0.05) is 50.8 Å². The van der Waals surface area contributed by atoms with E-state index >= 15 is 0 Å². The number of benzene rings is 1. The minimum atomic E-state index is -1.20. The van der Waals surface area contributed by atoms with Crippen LogP contribution in [-0.2, 0) is 25.7 Å². The number of nitrogens with one attached hydrogen (secondary N) is 6. The van der Waals surface area contributed by atoms with E-state index < -0.39 is 36.1 Å². The van der Waals surface area contributed by atoms with E-state index in [1.54, 1.807) is 55.1 Å². The van der Waals surface area contributed by atoms with E-state index in [2.05, 4.69) is 66.2 Å². The molecule has 7 N–H and O–H groups in total. The van der Waals surface area contributed by atoms with Crippen LogP contribution in [0, 0.1) is 12.8 Å². The lowest BCUT2D eigenvalue weighted by Gasteiger charge is -2.45. The fraction of sp³-hybridized carbons (Fsp3) is 0.390. The van der Waals surface area contributed by atoms with Gasteiger partial charge in [0.15, 0.2) is 5.78 Å². The number of aliphatic hydroxyl groups is 1. The quantitative estimate of drug-likeness (QED) is 0.0670. The van der Waals surface area contributed by atoms with Gasteiger partial charge in [-0.05, 0) is 58.2 Å². The Bertz CT molecular complexity index is 3810. The van der Waals surface area contributed by atoms with Crippen LogP contribution in [0.3, 0.4) is 0 Å². The Morgan fingerprint density at radius 2 is 1.45 bits per heavy atom. The van der Waals surface area contributed by atoms with E-state index in [0.717, 1.165) is 4.88 Å². The van der Waals surface area contributed by atoms with Crippen molar-refractivity contribution in [3.05, 3.63) is 118 Å². The van der Waals surface area contributed by atoms with Gasteiger partial charge in [0.25, 0.3) is 5.91 Å². The number of nitrogens with zero attached hydrogens (tertiary/aromatic N) is 7. The average molecular weight is 1280 g/mol. The molecule has 2 aliphatic heterocycles. The van der Waals surface area contributed by atoms with Gasteiger partial charge in [-0.3, -0.25) is 24.5 Å². The summed E-state index contributed by atoms with van der Waals surface area (Å²) in [5.74, 6) is -1.74. The lowest BCUT2D eigenvalue weighted by molar-refractivity contribution is -0.122. The van der Waals surface area contributed by atoms with Gasteiger partial charge in [-0.15, -0.1) is 68.0 Å². The zero-order valence-electron chi connectivity index (χ0n) is 48.6. The number of Topliss-reactive ketones (excluding diaryl/α,β-unsaturated/α-hetero) is 1. The molecular weight excluding hydrogens is 1210 g/mol. The minimum Gasteiger partial charge on any atom is -0.446 e. The summed E-state index contributed by atoms with van der Waals surface area (Å²) in [7, 11) is 3.08. The van der Waals surface area contributed by atoms with Crippen LogP contribution in [0.4, 0.5) is 10.6 Å². The maximum absolute atomic E-state index is 14.4. The molecule has 9 heterocycles. The summed E-state index contributed by atoms with van der Waals surface area (Å²) in [5, 5.41) is 40.1. The number of aryl methyl sites for hydroxylation is 1. The van der Waals surface area contributed by atoms with Crippen LogP contribution in [0.2, 0.25) is 0 Å². The number of methoxy groups -OCH3 is 1. The zero-order valence-corrected chi connectivity index (χ0v) is 53.5. The molecule has 1 aromatic carbocycles. The van der Waals surface area contributed by atoms with Crippen LogP contribution in [-0.4, -0.2) is 107 Å². The summed E-state index contributed by atoms with van der Waals surface area (Å²) >= 11 is 7.67. The Labute approximate surface area is 521 Å². The molecule has 0 aliphatic carbocycles. The maximum atomic E-state index is 14.4. The number of thiazole rings is 6. The Kier molecular flexibility index (Phi) is 18.8. The molecule has 1 fully saturated rings. The first-order chi connectivity index (χ1) is 41.0. The predicted molar refractivity (Wildman–Crippen MR) is 338 cm³/mol. The summed E-state index contributed by atoms with van der Waals surface area (Å²) in [6, 6.07) is 10.7. The second-order valence-corrected chi connectivity index (χ2v) is 28.4. The summed E-state index contributed by atoms with van der Waals surface area (Å²) in [5.41, 5.74) is 3.58. The van der Waals surface area contributed by atoms with Crippen LogP contribution in [0.25, 0.3) is 49.1 Å². The van der Waals surface area contributed by atoms with Crippen molar-refractivity contribution in [3.8, 4) is 43.4 Å². The molecule has 8 aromatic rings. The van der Waals surface area contributed by atoms with E-state index in [9.17, 15) is 29.1 Å². The third kappa shape index (κ3) is 14.3. The number of piperidine rings is 1. The molecule has 21 nitrogen and oxygen atoms in total. The number of ketones is 1. The normalized spacial score (nSPS) is 18.8. The Hall–Kier alpha value is -7.08. The molecule has 0 saturated carbocycles. The summed E-state index contributed by atoms with van der Waals surface area (Å²) in [6.45, 7) is 18.4. The SMILES string of the molecule is C=C1NCC(=O)N[C@@H]([C@@H](O)c2ccccc2)c2nc(cs2)-c2nc(cs2)-c2nc(-c3nc(NC(=O)OC4CC(C)(C)NC(C)(C)C4)cs3)ccc2-c2nc(cs2)C(=O)N[C@@H](CC(=O)NC)c2nc(c(C)s2)C(=O)C[C@H](C(C)C)c2nc1c(COC)s2. The summed E-state index contributed by atoms with van der Waals surface area (Å²) in [4.78, 5) is 105. The molecule has 450 valence electrons. The Balaban J connectivity index is 1.02. The van der Waals surface area contributed by atoms with Crippen LogP contribution in [0.1, 0.15) is 148 Å². The highest BCUT2D eigenvalue weighted by atomic mass is 32.1. The van der Waals surface area contributed by atoms with E-state index in [0.29, 0.717) is 98.9 Å². The second kappa shape index (κ2) is 26.1. The highest BCUT2D eigenvalue weighted by Gasteiger charge is 2.40. The number of ether oxygens (including phenoxy) is 2. The fourth-order valence-electron chi connectivity index (χ4n) is 10.6. The molecule has 4 amide bonds. The van der Waals surface area contributed by atoms with Crippen molar-refractivity contribution in [2.45, 2.75) is 122 Å². The first kappa shape index (κ1) is 62.0. The van der Waals surface area contributed by atoms with E-state index in [-0.39, 0.29) is 78.1 Å². The molecule has 86 heavy (non-hydrogen) atoms. The molecule has 1 saturated heterocycles. The molecular formula is C59H65N13O8S6. The number of aromatic nitrogens is 7. The first-order valence-corrected chi connectivity index (χ1v) is 32.8. The molecule has 27 heteroatoms. The van der Waals surface area contributed by atoms with Gasteiger partial charge >= 0.3 is 6.09 Å². The number of aliphatic hydroxyl groups excluding tert-OH is 1. The van der Waals surface area contributed by atoms with Crippen molar-refractivity contribution in [2.75, 3.05) is 26.0 Å². The minimum absolute atomic E-state index is 0.0493. The van der Waals surface area contributed by atoms with Crippen molar-refractivity contribution < 1.29 is 38.6 Å². The van der Waals surface area contributed by atoms with Gasteiger partial charge in [-0.25, -0.2) is 39.7 Å². The number of fused-ring (bicyclic) bond motifs is 14. The lowest BCUT2D eigenvalue weighted by atomic mass is 9.81. The lowest BCUT2D eigenvalue weighted by Crippen LogP contribution is -2.59. The summed E-state index contributed by atoms with van der Waals surface area (Å²) in [6.07, 6.45) is -0.954. The highest BCUT2D eigenvalue weighted by molar-refractivity contribution is 7.15. The zero-order chi connectivity index (χ0) is 61.2. The largest absolute Gasteiger partial charge is 0.446 e. The molecule has 7 aromatic heterocycles. The Morgan fingerprint density at radius 3 is 2.19 bits per heavy atom. The molecule has 10 rings (SSSR count). The number of amides is 4. The van der Waals surface area contributed by atoms with E-state index in [1.807, 2.05) is 36.7 Å². The number of rotatable bonds is 10. The van der Waals surface area contributed by atoms with Crippen molar-refractivity contribution in [1.82, 2.24) is 61.5 Å². The number of hydrogen-bond donors (Lipinski definition) is 7. The van der Waals surface area contributed by atoms with Crippen molar-refractivity contribution in [1.29, 1.82) is 0 Å². The molecule has 0 unspecified atom stereocenters. The van der Waals surface area contributed by atoms with Crippen molar-refractivity contribution in [3.63, 3.8) is 0 Å². The van der Waals surface area contributed by atoms with Gasteiger partial charge in [0.1, 0.15) is 83.3 Å². The number of pyridine rings is 1. The second-order valence-electron chi connectivity index (χ2n) is 22.6.